The average Bonchev–Trinajstić information content (AvgIpc) is 3.19. The zero-order valence-corrected chi connectivity index (χ0v) is 18.9. The van der Waals surface area contributed by atoms with Crippen molar-refractivity contribution in [3.63, 3.8) is 0 Å². The molecule has 1 fully saturated rings. The van der Waals surface area contributed by atoms with Crippen LogP contribution >= 0.6 is 0 Å². The van der Waals surface area contributed by atoms with E-state index in [-0.39, 0.29) is 23.3 Å². The lowest BCUT2D eigenvalue weighted by molar-refractivity contribution is 0.0766. The predicted octanol–water partition coefficient (Wildman–Crippen LogP) is 3.93. The average molecular weight is 436 g/mol. The molecule has 1 N–H and O–H groups in total. The molecule has 1 amide bonds. The Hall–Kier alpha value is -3.06. The van der Waals surface area contributed by atoms with Gasteiger partial charge in [0.25, 0.3) is 5.91 Å². The fraction of sp³-hybridized carbons (Fsp3) is 0.400. The number of benzene rings is 2. The van der Waals surface area contributed by atoms with E-state index in [1.807, 2.05) is 49.4 Å². The molecule has 2 aromatic carbocycles. The Bertz CT molecular complexity index is 1050. The molecule has 0 atom stereocenters. The van der Waals surface area contributed by atoms with Crippen LogP contribution in [0, 0.1) is 12.7 Å². The molecule has 32 heavy (non-hydrogen) atoms. The highest BCUT2D eigenvalue weighted by molar-refractivity contribution is 5.93. The van der Waals surface area contributed by atoms with Gasteiger partial charge in [-0.1, -0.05) is 30.3 Å². The Labute approximate surface area is 188 Å². The summed E-state index contributed by atoms with van der Waals surface area (Å²) in [5.74, 6) is -0.385. The quantitative estimate of drug-likeness (QED) is 0.637. The summed E-state index contributed by atoms with van der Waals surface area (Å²) in [6, 6.07) is 16.5. The first-order valence-corrected chi connectivity index (χ1v) is 11.1. The number of likely N-dealkylation sites (N-methyl/N-ethyl adjacent to an activating group) is 1. The van der Waals surface area contributed by atoms with Gasteiger partial charge in [0, 0.05) is 11.6 Å². The topological polar surface area (TPSA) is 63.1 Å². The van der Waals surface area contributed by atoms with E-state index >= 15 is 0 Å². The smallest absolute Gasteiger partial charge is 0.273 e. The van der Waals surface area contributed by atoms with Crippen molar-refractivity contribution in [2.75, 3.05) is 14.1 Å². The molecule has 0 saturated heterocycles. The van der Waals surface area contributed by atoms with Crippen molar-refractivity contribution in [1.82, 2.24) is 25.2 Å². The Morgan fingerprint density at radius 3 is 2.38 bits per heavy atom. The number of carbonyl (C=O) groups excluding carboxylic acids is 1. The third-order valence-electron chi connectivity index (χ3n) is 6.63. The van der Waals surface area contributed by atoms with E-state index in [4.69, 9.17) is 0 Å². The fourth-order valence-electron chi connectivity index (χ4n) is 4.58. The molecule has 0 aliphatic heterocycles. The second-order valence-corrected chi connectivity index (χ2v) is 8.93. The lowest BCUT2D eigenvalue weighted by Gasteiger charge is -2.45. The van der Waals surface area contributed by atoms with E-state index in [1.54, 1.807) is 0 Å². The summed E-state index contributed by atoms with van der Waals surface area (Å²) >= 11 is 0. The maximum Gasteiger partial charge on any atom is 0.273 e. The number of amides is 1. The van der Waals surface area contributed by atoms with Gasteiger partial charge in [0.05, 0.1) is 11.4 Å². The third kappa shape index (κ3) is 4.72. The molecule has 1 aliphatic carbocycles. The zero-order valence-electron chi connectivity index (χ0n) is 18.9. The van der Waals surface area contributed by atoms with Gasteiger partial charge in [-0.2, -0.15) is 9.90 Å². The molecule has 0 radical (unpaired) electrons. The highest BCUT2D eigenvalue weighted by Crippen LogP contribution is 2.35. The fourth-order valence-corrected chi connectivity index (χ4v) is 4.58. The van der Waals surface area contributed by atoms with Crippen LogP contribution in [0.25, 0.3) is 5.69 Å². The molecule has 1 aromatic heterocycles. The van der Waals surface area contributed by atoms with Crippen LogP contribution < -0.4 is 5.32 Å². The molecule has 0 unspecified atom stereocenters. The van der Waals surface area contributed by atoms with Crippen LogP contribution in [0.3, 0.4) is 0 Å². The van der Waals surface area contributed by atoms with E-state index in [0.29, 0.717) is 11.4 Å². The lowest BCUT2D eigenvalue weighted by atomic mass is 9.75. The number of carbonyl (C=O) groups is 1. The maximum atomic E-state index is 13.3. The van der Waals surface area contributed by atoms with E-state index in [0.717, 1.165) is 43.4 Å². The first kappa shape index (κ1) is 22.1. The van der Waals surface area contributed by atoms with Crippen LogP contribution in [0.2, 0.25) is 0 Å². The first-order valence-electron chi connectivity index (χ1n) is 11.1. The van der Waals surface area contributed by atoms with Gasteiger partial charge in [-0.15, -0.1) is 5.10 Å². The maximum absolute atomic E-state index is 13.3. The van der Waals surface area contributed by atoms with Gasteiger partial charge in [0.1, 0.15) is 5.82 Å². The molecule has 4 rings (SSSR count). The number of nitrogens with zero attached hydrogens (tertiary/aromatic N) is 4. The molecule has 7 heteroatoms. The van der Waals surface area contributed by atoms with Crippen molar-refractivity contribution in [1.29, 1.82) is 0 Å². The summed E-state index contributed by atoms with van der Waals surface area (Å²) in [6.07, 6.45) is 4.55. The van der Waals surface area contributed by atoms with Crippen LogP contribution in [-0.2, 0) is 6.42 Å². The predicted molar refractivity (Wildman–Crippen MR) is 122 cm³/mol. The number of halogens is 1. The third-order valence-corrected chi connectivity index (χ3v) is 6.63. The normalized spacial score (nSPS) is 21.0. The minimum atomic E-state index is -0.210. The first-order chi connectivity index (χ1) is 15.4. The van der Waals surface area contributed by atoms with Crippen LogP contribution in [-0.4, -0.2) is 51.5 Å². The Morgan fingerprint density at radius 1 is 1.09 bits per heavy atom. The number of rotatable bonds is 6. The van der Waals surface area contributed by atoms with Gasteiger partial charge in [-0.3, -0.25) is 4.79 Å². The molecule has 3 aromatic rings. The summed E-state index contributed by atoms with van der Waals surface area (Å²) in [5, 5.41) is 12.0. The number of aromatic nitrogens is 3. The van der Waals surface area contributed by atoms with Gasteiger partial charge in [0.2, 0.25) is 0 Å². The number of para-hydroxylation sites is 1. The van der Waals surface area contributed by atoms with Crippen molar-refractivity contribution >= 4 is 5.91 Å². The lowest BCUT2D eigenvalue weighted by Crippen LogP contribution is -2.52. The minimum Gasteiger partial charge on any atom is -0.348 e. The van der Waals surface area contributed by atoms with Crippen molar-refractivity contribution in [3.05, 3.63) is 77.4 Å². The Morgan fingerprint density at radius 2 is 1.75 bits per heavy atom. The molecule has 0 spiro atoms. The molecule has 6 nitrogen and oxygen atoms in total. The zero-order chi connectivity index (χ0) is 22.7. The number of aryl methyl sites for hydroxylation is 1. The second-order valence-electron chi connectivity index (χ2n) is 8.93. The van der Waals surface area contributed by atoms with Crippen LogP contribution in [0.5, 0.6) is 0 Å². The Kier molecular flexibility index (Phi) is 6.37. The number of hydrogen-bond acceptors (Lipinski definition) is 4. The summed E-state index contributed by atoms with van der Waals surface area (Å²) in [5.41, 5.74) is 2.94. The van der Waals surface area contributed by atoms with E-state index in [2.05, 4.69) is 34.5 Å². The minimum absolute atomic E-state index is 0.00537. The molecule has 1 aliphatic rings. The summed E-state index contributed by atoms with van der Waals surface area (Å²) in [7, 11) is 4.21. The van der Waals surface area contributed by atoms with Crippen molar-refractivity contribution in [3.8, 4) is 5.69 Å². The highest BCUT2D eigenvalue weighted by Gasteiger charge is 2.38. The number of hydrogen-bond donors (Lipinski definition) is 1. The molecule has 0 bridgehead atoms. The summed E-state index contributed by atoms with van der Waals surface area (Å²) in [4.78, 5) is 16.7. The van der Waals surface area contributed by atoms with Gasteiger partial charge in [0.15, 0.2) is 5.69 Å². The van der Waals surface area contributed by atoms with Crippen LogP contribution in [0.15, 0.2) is 54.6 Å². The van der Waals surface area contributed by atoms with E-state index < -0.39 is 0 Å². The van der Waals surface area contributed by atoms with Crippen molar-refractivity contribution in [2.45, 2.75) is 50.6 Å². The summed E-state index contributed by atoms with van der Waals surface area (Å²) in [6.45, 7) is 1.81. The van der Waals surface area contributed by atoms with Gasteiger partial charge < -0.3 is 10.2 Å². The molecule has 1 saturated carbocycles. The van der Waals surface area contributed by atoms with E-state index in [9.17, 15) is 9.18 Å². The molecule has 168 valence electrons. The van der Waals surface area contributed by atoms with Gasteiger partial charge >= 0.3 is 0 Å². The monoisotopic (exact) mass is 435 g/mol. The van der Waals surface area contributed by atoms with E-state index in [1.165, 1.54) is 16.9 Å². The molecule has 1 heterocycles. The number of nitrogens with one attached hydrogen (secondary N) is 1. The molecular formula is C25H30FN5O. The second kappa shape index (κ2) is 9.20. The van der Waals surface area contributed by atoms with Gasteiger partial charge in [-0.05, 0) is 83.0 Å². The standard InChI is InChI=1S/C25H30FN5O/c1-18-23(29-31(28-18)22-7-5-4-6-8-22)24(32)27-21-13-15-25(16-14-21,30(2)3)17-19-9-11-20(26)12-10-19/h4-12,21H,13-17H2,1-3H3,(H,27,32). The largest absolute Gasteiger partial charge is 0.348 e. The molecular weight excluding hydrogens is 405 g/mol. The van der Waals surface area contributed by atoms with Crippen molar-refractivity contribution in [2.24, 2.45) is 0 Å². The Balaban J connectivity index is 1.40. The summed E-state index contributed by atoms with van der Waals surface area (Å²) < 4.78 is 13.3. The van der Waals surface area contributed by atoms with Crippen LogP contribution in [0.1, 0.15) is 47.4 Å². The van der Waals surface area contributed by atoms with Crippen LogP contribution in [0.4, 0.5) is 4.39 Å². The van der Waals surface area contributed by atoms with Gasteiger partial charge in [-0.25, -0.2) is 4.39 Å². The van der Waals surface area contributed by atoms with Crippen molar-refractivity contribution < 1.29 is 9.18 Å². The SMILES string of the molecule is Cc1nn(-c2ccccc2)nc1C(=O)NC1CCC(Cc2ccc(F)cc2)(N(C)C)CC1. The highest BCUT2D eigenvalue weighted by atomic mass is 19.1.